The molecule has 0 atom stereocenters. The van der Waals surface area contributed by atoms with Gasteiger partial charge >= 0.3 is 0 Å². The number of ether oxygens (including phenoxy) is 2. The normalized spacial score (nSPS) is 12.4. The van der Waals surface area contributed by atoms with Gasteiger partial charge in [-0.05, 0) is 30.2 Å². The molecule has 0 radical (unpaired) electrons. The molecule has 4 rings (SSSR count). The fourth-order valence-electron chi connectivity index (χ4n) is 3.27. The predicted molar refractivity (Wildman–Crippen MR) is 121 cm³/mol. The number of amides is 2. The number of aromatic nitrogens is 2. The average Bonchev–Trinajstić information content (AvgIpc) is 3.43. The summed E-state index contributed by atoms with van der Waals surface area (Å²) in [6.45, 7) is 0.694. The lowest BCUT2D eigenvalue weighted by atomic mass is 10.2. The Labute approximate surface area is 187 Å². The van der Waals surface area contributed by atoms with Crippen molar-refractivity contribution < 1.29 is 19.1 Å². The van der Waals surface area contributed by atoms with Gasteiger partial charge in [0.15, 0.2) is 4.34 Å². The van der Waals surface area contributed by atoms with E-state index in [1.807, 2.05) is 29.2 Å². The minimum atomic E-state index is -0.364. The smallest absolute Gasteiger partial charge is 0.261 e. The topological polar surface area (TPSA) is 93.7 Å². The van der Waals surface area contributed by atoms with Crippen LogP contribution in [0.5, 0.6) is 11.5 Å². The monoisotopic (exact) mass is 456 g/mol. The van der Waals surface area contributed by atoms with E-state index < -0.39 is 0 Å². The van der Waals surface area contributed by atoms with E-state index in [1.54, 1.807) is 25.3 Å². The zero-order valence-electron chi connectivity index (χ0n) is 17.0. The van der Waals surface area contributed by atoms with Gasteiger partial charge in [0.25, 0.3) is 5.91 Å². The number of carbonyl (C=O) groups is 2. The molecular formula is C21H20N4O4S2. The summed E-state index contributed by atoms with van der Waals surface area (Å²) in [4.78, 5) is 27.0. The van der Waals surface area contributed by atoms with Gasteiger partial charge in [0, 0.05) is 18.3 Å². The van der Waals surface area contributed by atoms with Crippen molar-refractivity contribution in [2.75, 3.05) is 36.7 Å². The van der Waals surface area contributed by atoms with Crippen LogP contribution in [0.4, 0.5) is 10.8 Å². The van der Waals surface area contributed by atoms with Crippen LogP contribution >= 0.6 is 23.1 Å². The second-order valence-electron chi connectivity index (χ2n) is 6.61. The third-order valence-electron chi connectivity index (χ3n) is 4.79. The number of nitrogens with one attached hydrogen (secondary N) is 1. The van der Waals surface area contributed by atoms with E-state index in [9.17, 15) is 9.59 Å². The average molecular weight is 457 g/mol. The molecule has 1 aliphatic heterocycles. The van der Waals surface area contributed by atoms with E-state index in [4.69, 9.17) is 9.47 Å². The first-order valence-corrected chi connectivity index (χ1v) is 11.3. The van der Waals surface area contributed by atoms with Gasteiger partial charge in [0.05, 0.1) is 25.5 Å². The number of rotatable bonds is 7. The third kappa shape index (κ3) is 4.64. The summed E-state index contributed by atoms with van der Waals surface area (Å²) in [7, 11) is 3.03. The number of hydrogen-bond donors (Lipinski definition) is 1. The van der Waals surface area contributed by atoms with Crippen LogP contribution < -0.4 is 19.7 Å². The van der Waals surface area contributed by atoms with Crippen molar-refractivity contribution in [2.45, 2.75) is 10.8 Å². The van der Waals surface area contributed by atoms with Crippen molar-refractivity contribution in [3.63, 3.8) is 0 Å². The van der Waals surface area contributed by atoms with Crippen molar-refractivity contribution >= 4 is 45.7 Å². The van der Waals surface area contributed by atoms with Gasteiger partial charge in [-0.2, -0.15) is 0 Å². The number of nitrogens with zero attached hydrogens (tertiary/aromatic N) is 3. The molecule has 0 bridgehead atoms. The second kappa shape index (κ2) is 9.36. The number of para-hydroxylation sites is 1. The Morgan fingerprint density at radius 2 is 2.00 bits per heavy atom. The van der Waals surface area contributed by atoms with E-state index in [1.165, 1.54) is 35.8 Å². The Kier molecular flexibility index (Phi) is 6.38. The van der Waals surface area contributed by atoms with Crippen molar-refractivity contribution in [1.29, 1.82) is 0 Å². The van der Waals surface area contributed by atoms with Crippen molar-refractivity contribution in [2.24, 2.45) is 0 Å². The first-order valence-electron chi connectivity index (χ1n) is 9.47. The Balaban J connectivity index is 1.36. The fraction of sp³-hybridized carbons (Fsp3) is 0.238. The van der Waals surface area contributed by atoms with Crippen LogP contribution in [0.2, 0.25) is 0 Å². The summed E-state index contributed by atoms with van der Waals surface area (Å²) in [6.07, 6.45) is 0.871. The number of benzene rings is 2. The van der Waals surface area contributed by atoms with Gasteiger partial charge in [0.2, 0.25) is 11.0 Å². The van der Waals surface area contributed by atoms with Gasteiger partial charge in [-0.15, -0.1) is 10.2 Å². The van der Waals surface area contributed by atoms with Crippen LogP contribution in [0.3, 0.4) is 0 Å². The summed E-state index contributed by atoms with van der Waals surface area (Å²) >= 11 is 2.53. The maximum atomic E-state index is 12.6. The molecular weight excluding hydrogens is 436 g/mol. The van der Waals surface area contributed by atoms with Gasteiger partial charge in [-0.1, -0.05) is 41.3 Å². The maximum absolute atomic E-state index is 12.6. The maximum Gasteiger partial charge on any atom is 0.261 e. The molecule has 8 nitrogen and oxygen atoms in total. The van der Waals surface area contributed by atoms with Crippen molar-refractivity contribution in [3.8, 4) is 11.5 Å². The molecule has 1 aromatic heterocycles. The first kappa shape index (κ1) is 21.1. The van der Waals surface area contributed by atoms with Crippen LogP contribution in [0, 0.1) is 0 Å². The molecule has 1 N–H and O–H groups in total. The van der Waals surface area contributed by atoms with Gasteiger partial charge < -0.3 is 14.4 Å². The SMILES string of the molecule is COc1ccc(C(=O)Nc2nnc(SCC(=O)N3CCc4ccccc43)s2)c(OC)c1. The summed E-state index contributed by atoms with van der Waals surface area (Å²) in [5, 5.41) is 11.2. The molecule has 10 heteroatoms. The van der Waals surface area contributed by atoms with Crippen LogP contribution in [0.1, 0.15) is 15.9 Å². The second-order valence-corrected chi connectivity index (χ2v) is 8.81. The molecule has 0 aliphatic carbocycles. The molecule has 0 spiro atoms. The van der Waals surface area contributed by atoms with E-state index in [0.717, 1.165) is 12.1 Å². The number of methoxy groups -OCH3 is 2. The number of anilines is 2. The molecule has 31 heavy (non-hydrogen) atoms. The highest BCUT2D eigenvalue weighted by atomic mass is 32.2. The molecule has 1 aliphatic rings. The zero-order valence-corrected chi connectivity index (χ0v) is 18.6. The van der Waals surface area contributed by atoms with Crippen molar-refractivity contribution in [1.82, 2.24) is 10.2 Å². The van der Waals surface area contributed by atoms with Gasteiger partial charge in [-0.3, -0.25) is 14.9 Å². The Hall–Kier alpha value is -3.11. The van der Waals surface area contributed by atoms with E-state index in [0.29, 0.717) is 33.1 Å². The van der Waals surface area contributed by atoms with Gasteiger partial charge in [0.1, 0.15) is 11.5 Å². The number of carbonyl (C=O) groups excluding carboxylic acids is 2. The minimum Gasteiger partial charge on any atom is -0.497 e. The number of hydrogen-bond acceptors (Lipinski definition) is 8. The molecule has 2 aromatic carbocycles. The fourth-order valence-corrected chi connectivity index (χ4v) is 4.89. The third-order valence-corrected chi connectivity index (χ3v) is 6.74. The highest BCUT2D eigenvalue weighted by Crippen LogP contribution is 2.31. The lowest BCUT2D eigenvalue weighted by molar-refractivity contribution is -0.116. The number of fused-ring (bicyclic) bond motifs is 1. The largest absolute Gasteiger partial charge is 0.497 e. The Morgan fingerprint density at radius 3 is 2.81 bits per heavy atom. The molecule has 160 valence electrons. The molecule has 0 saturated heterocycles. The lowest BCUT2D eigenvalue weighted by Crippen LogP contribution is -2.30. The zero-order chi connectivity index (χ0) is 21.8. The molecule has 0 fully saturated rings. The molecule has 2 heterocycles. The molecule has 0 unspecified atom stereocenters. The standard InChI is InChI=1S/C21H20N4O4S2/c1-28-14-7-8-15(17(11-14)29-2)19(27)22-20-23-24-21(31-20)30-12-18(26)25-10-9-13-5-3-4-6-16(13)25/h3-8,11H,9-10,12H2,1-2H3,(H,22,23,27). The van der Waals surface area contributed by atoms with Crippen molar-refractivity contribution in [3.05, 3.63) is 53.6 Å². The van der Waals surface area contributed by atoms with E-state index >= 15 is 0 Å². The van der Waals surface area contributed by atoms with E-state index in [-0.39, 0.29) is 17.6 Å². The number of thioether (sulfide) groups is 1. The lowest BCUT2D eigenvalue weighted by Gasteiger charge is -2.16. The van der Waals surface area contributed by atoms with Crippen LogP contribution in [0.15, 0.2) is 46.8 Å². The van der Waals surface area contributed by atoms with Crippen LogP contribution in [-0.2, 0) is 11.2 Å². The minimum absolute atomic E-state index is 0.0266. The summed E-state index contributed by atoms with van der Waals surface area (Å²) in [5.41, 5.74) is 2.53. The predicted octanol–water partition coefficient (Wildman–Crippen LogP) is 3.49. The Morgan fingerprint density at radius 1 is 1.16 bits per heavy atom. The molecule has 2 amide bonds. The van der Waals surface area contributed by atoms with Gasteiger partial charge in [-0.25, -0.2) is 0 Å². The van der Waals surface area contributed by atoms with E-state index in [2.05, 4.69) is 15.5 Å². The summed E-state index contributed by atoms with van der Waals surface area (Å²) < 4.78 is 11.0. The first-order chi connectivity index (χ1) is 15.1. The quantitative estimate of drug-likeness (QED) is 0.430. The highest BCUT2D eigenvalue weighted by molar-refractivity contribution is 8.01. The summed E-state index contributed by atoms with van der Waals surface area (Å²) in [5.74, 6) is 0.903. The van der Waals surface area contributed by atoms with Crippen LogP contribution in [0.25, 0.3) is 0 Å². The molecule has 3 aromatic rings. The van der Waals surface area contributed by atoms with Crippen LogP contribution in [-0.4, -0.2) is 48.5 Å². The molecule has 0 saturated carbocycles. The summed E-state index contributed by atoms with van der Waals surface area (Å²) in [6, 6.07) is 12.9. The Bertz CT molecular complexity index is 1120. The highest BCUT2D eigenvalue weighted by Gasteiger charge is 2.24.